The van der Waals surface area contributed by atoms with E-state index in [1.165, 1.54) is 6.07 Å². The fourth-order valence-electron chi connectivity index (χ4n) is 5.43. The molecule has 2 aromatic rings. The minimum absolute atomic E-state index is 0.0192. The molecule has 0 bridgehead atoms. The molecule has 0 saturated heterocycles. The van der Waals surface area contributed by atoms with Crippen LogP contribution < -0.4 is 0 Å². The van der Waals surface area contributed by atoms with Crippen LogP contribution in [0, 0.1) is 19.7 Å². The number of nitrogens with zero attached hydrogens (tertiary/aromatic N) is 2. The van der Waals surface area contributed by atoms with Crippen molar-refractivity contribution in [3.05, 3.63) is 74.0 Å². The highest BCUT2D eigenvalue weighted by atomic mass is 35.5. The van der Waals surface area contributed by atoms with E-state index in [4.69, 9.17) is 11.6 Å². The quantitative estimate of drug-likeness (QED) is 0.479. The van der Waals surface area contributed by atoms with Crippen LogP contribution in [-0.2, 0) is 6.42 Å². The predicted molar refractivity (Wildman–Crippen MR) is 118 cm³/mol. The van der Waals surface area contributed by atoms with Crippen molar-refractivity contribution in [3.63, 3.8) is 0 Å². The first kappa shape index (κ1) is 21.0. The summed E-state index contributed by atoms with van der Waals surface area (Å²) in [6, 6.07) is 4.77. The predicted octanol–water partition coefficient (Wildman–Crippen LogP) is 6.67. The first-order valence-corrected chi connectivity index (χ1v) is 10.7. The minimum Gasteiger partial charge on any atom is -0.393 e. The lowest BCUT2D eigenvalue weighted by Gasteiger charge is -2.34. The SMILES string of the molecule is CCC1=C(C)C2=C(c3cccc(Cl)c3F)c3c(C)c(CC)c(C)n3[B-](F)(F)[N+]2=C1C. The summed E-state index contributed by atoms with van der Waals surface area (Å²) < 4.78 is 49.7. The second-order valence-electron chi connectivity index (χ2n) is 8.09. The molecule has 0 aliphatic carbocycles. The number of aromatic nitrogens is 1. The fourth-order valence-corrected chi connectivity index (χ4v) is 5.60. The standard InChI is InChI=1S/C23H25BClF3N2/c1-7-16-12(3)22-20(18-10-9-11-19(25)21(18)26)23-13(4)17(8-2)15(6)30(23)24(27,28)29(22)14(16)5/h9-11H,7-8H2,1-6H3. The van der Waals surface area contributed by atoms with Crippen LogP contribution in [-0.4, -0.2) is 21.6 Å². The van der Waals surface area contributed by atoms with Crippen molar-refractivity contribution in [2.75, 3.05) is 0 Å². The topological polar surface area (TPSA) is 7.94 Å². The Labute approximate surface area is 180 Å². The van der Waals surface area contributed by atoms with Crippen molar-refractivity contribution in [3.8, 4) is 0 Å². The molecule has 0 atom stereocenters. The van der Waals surface area contributed by atoms with E-state index < -0.39 is 12.8 Å². The van der Waals surface area contributed by atoms with Gasteiger partial charge in [-0.05, 0) is 56.5 Å². The molecular formula is C23H25BClF3N2. The molecule has 158 valence electrons. The molecule has 7 heteroatoms. The van der Waals surface area contributed by atoms with Gasteiger partial charge in [0.15, 0.2) is 5.70 Å². The van der Waals surface area contributed by atoms with E-state index in [9.17, 15) is 0 Å². The van der Waals surface area contributed by atoms with Crippen LogP contribution >= 0.6 is 11.6 Å². The van der Waals surface area contributed by atoms with Crippen molar-refractivity contribution in [1.82, 2.24) is 4.48 Å². The van der Waals surface area contributed by atoms with E-state index in [0.29, 0.717) is 41.2 Å². The van der Waals surface area contributed by atoms with E-state index in [1.807, 2.05) is 27.7 Å². The van der Waals surface area contributed by atoms with Crippen molar-refractivity contribution in [2.24, 2.45) is 0 Å². The summed E-state index contributed by atoms with van der Waals surface area (Å²) in [4.78, 5) is 0. The Hall–Kier alpha value is -2.21. The first-order chi connectivity index (χ1) is 14.1. The zero-order valence-corrected chi connectivity index (χ0v) is 18.9. The molecule has 2 nitrogen and oxygen atoms in total. The Bertz CT molecular complexity index is 1200. The molecule has 2 aliphatic rings. The van der Waals surface area contributed by atoms with E-state index in [2.05, 4.69) is 0 Å². The number of rotatable bonds is 3. The average Bonchev–Trinajstić information content (AvgIpc) is 3.10. The highest BCUT2D eigenvalue weighted by Gasteiger charge is 2.56. The van der Waals surface area contributed by atoms with Crippen LogP contribution in [0.4, 0.5) is 13.0 Å². The van der Waals surface area contributed by atoms with Gasteiger partial charge in [0.1, 0.15) is 11.5 Å². The van der Waals surface area contributed by atoms with E-state index in [0.717, 1.165) is 31.2 Å². The molecule has 0 unspecified atom stereocenters. The van der Waals surface area contributed by atoms with Gasteiger partial charge in [-0.3, -0.25) is 0 Å². The largest absolute Gasteiger partial charge is 0.737 e. The minimum atomic E-state index is -4.12. The van der Waals surface area contributed by atoms with Gasteiger partial charge < -0.3 is 17.6 Å². The van der Waals surface area contributed by atoms with Gasteiger partial charge in [-0.2, -0.15) is 0 Å². The molecular weight excluding hydrogens is 408 g/mol. The Morgan fingerprint density at radius 3 is 2.33 bits per heavy atom. The van der Waals surface area contributed by atoms with Crippen LogP contribution in [0.3, 0.4) is 0 Å². The van der Waals surface area contributed by atoms with E-state index in [-0.39, 0.29) is 10.6 Å². The number of hydrogen-bond donors (Lipinski definition) is 0. The van der Waals surface area contributed by atoms with Crippen molar-refractivity contribution < 1.29 is 17.5 Å². The summed E-state index contributed by atoms with van der Waals surface area (Å²) in [5.41, 5.74) is 5.89. The third kappa shape index (κ3) is 2.49. The smallest absolute Gasteiger partial charge is 0.393 e. The molecule has 0 radical (unpaired) electrons. The Morgan fingerprint density at radius 1 is 1.07 bits per heavy atom. The van der Waals surface area contributed by atoms with Gasteiger partial charge in [0.2, 0.25) is 0 Å². The second kappa shape index (κ2) is 6.91. The molecule has 0 spiro atoms. The lowest BCUT2D eigenvalue weighted by atomic mass is 9.83. The van der Waals surface area contributed by atoms with Crippen LogP contribution in [0.2, 0.25) is 5.02 Å². The number of fused-ring (bicyclic) bond motifs is 2. The number of allylic oxidation sites excluding steroid dienone is 2. The maximum absolute atomic E-state index is 16.1. The summed E-state index contributed by atoms with van der Waals surface area (Å²) in [7, 11) is 0. The second-order valence-corrected chi connectivity index (χ2v) is 8.49. The van der Waals surface area contributed by atoms with Gasteiger partial charge in [-0.15, -0.1) is 0 Å². The first-order valence-electron chi connectivity index (χ1n) is 10.3. The van der Waals surface area contributed by atoms with Gasteiger partial charge >= 0.3 is 6.97 Å². The van der Waals surface area contributed by atoms with Gasteiger partial charge in [0, 0.05) is 29.3 Å². The summed E-state index contributed by atoms with van der Waals surface area (Å²) in [6.45, 7) is 6.96. The van der Waals surface area contributed by atoms with E-state index >= 15 is 13.0 Å². The number of hydrogen-bond acceptors (Lipinski definition) is 0. The Kier molecular flexibility index (Phi) is 4.85. The van der Waals surface area contributed by atoms with Crippen molar-refractivity contribution >= 4 is 29.9 Å². The van der Waals surface area contributed by atoms with Gasteiger partial charge in [0.05, 0.1) is 10.6 Å². The normalized spacial score (nSPS) is 17.8. The van der Waals surface area contributed by atoms with Gasteiger partial charge in [0.25, 0.3) is 0 Å². The molecule has 0 amide bonds. The summed E-state index contributed by atoms with van der Waals surface area (Å²) >= 11 is 6.10. The zero-order valence-electron chi connectivity index (χ0n) is 18.1. The van der Waals surface area contributed by atoms with Crippen molar-refractivity contribution in [2.45, 2.75) is 54.4 Å². The third-order valence-electron chi connectivity index (χ3n) is 6.72. The zero-order chi connectivity index (χ0) is 22.1. The summed E-state index contributed by atoms with van der Waals surface area (Å²) in [6.07, 6.45) is 1.25. The van der Waals surface area contributed by atoms with E-state index in [1.54, 1.807) is 26.0 Å². The molecule has 0 N–H and O–H groups in total. The van der Waals surface area contributed by atoms with Crippen LogP contribution in [0.1, 0.15) is 62.2 Å². The molecule has 3 heterocycles. The van der Waals surface area contributed by atoms with Crippen LogP contribution in [0.15, 0.2) is 35.0 Å². The van der Waals surface area contributed by atoms with Crippen molar-refractivity contribution in [1.29, 1.82) is 0 Å². The maximum atomic E-state index is 16.1. The molecule has 30 heavy (non-hydrogen) atoms. The monoisotopic (exact) mass is 432 g/mol. The van der Waals surface area contributed by atoms with Crippen LogP contribution in [0.5, 0.6) is 0 Å². The maximum Gasteiger partial charge on any atom is 0.737 e. The highest BCUT2D eigenvalue weighted by molar-refractivity contribution is 6.58. The lowest BCUT2D eigenvalue weighted by molar-refractivity contribution is -0.363. The fraction of sp³-hybridized carbons (Fsp3) is 0.348. The molecule has 0 fully saturated rings. The Morgan fingerprint density at radius 2 is 1.73 bits per heavy atom. The summed E-state index contributed by atoms with van der Waals surface area (Å²) in [5, 5.41) is -0.0192. The highest BCUT2D eigenvalue weighted by Crippen LogP contribution is 2.47. The molecule has 1 aromatic carbocycles. The lowest BCUT2D eigenvalue weighted by Crippen LogP contribution is -2.51. The van der Waals surface area contributed by atoms with Crippen LogP contribution in [0.25, 0.3) is 5.57 Å². The number of benzene rings is 1. The molecule has 4 rings (SSSR count). The Balaban J connectivity index is 2.27. The number of halogens is 4. The molecule has 1 aromatic heterocycles. The van der Waals surface area contributed by atoms with Gasteiger partial charge in [-0.25, -0.2) is 4.39 Å². The third-order valence-corrected chi connectivity index (χ3v) is 7.01. The average molecular weight is 433 g/mol. The molecule has 0 saturated carbocycles. The molecule has 2 aliphatic heterocycles. The summed E-state index contributed by atoms with van der Waals surface area (Å²) in [5.74, 6) is -0.586. The van der Waals surface area contributed by atoms with Gasteiger partial charge in [-0.1, -0.05) is 37.6 Å².